The number of methoxy groups -OCH3 is 1. The van der Waals surface area contributed by atoms with Gasteiger partial charge in [-0.05, 0) is 56.6 Å². The summed E-state index contributed by atoms with van der Waals surface area (Å²) in [6.45, 7) is 3.70. The van der Waals surface area contributed by atoms with E-state index in [1.165, 1.54) is 24.3 Å². The van der Waals surface area contributed by atoms with E-state index in [0.717, 1.165) is 19.5 Å². The zero-order valence-corrected chi connectivity index (χ0v) is 16.4. The maximum Gasteiger partial charge on any atom is 0.254 e. The molecule has 0 radical (unpaired) electrons. The topological polar surface area (TPSA) is 61.9 Å². The highest BCUT2D eigenvalue weighted by molar-refractivity contribution is 5.94. The lowest BCUT2D eigenvalue weighted by Gasteiger charge is -2.38. The Labute approximate surface area is 165 Å². The highest BCUT2D eigenvalue weighted by atomic mass is 35.5. The minimum Gasteiger partial charge on any atom is -0.368 e. The summed E-state index contributed by atoms with van der Waals surface area (Å²) in [4.78, 5) is 29.3. The fourth-order valence-corrected chi connectivity index (χ4v) is 3.72. The zero-order chi connectivity index (χ0) is 18.6. The Hall–Kier alpha value is -1.70. The van der Waals surface area contributed by atoms with E-state index in [1.807, 2.05) is 4.90 Å². The molecule has 0 atom stereocenters. The van der Waals surface area contributed by atoms with Crippen molar-refractivity contribution in [1.82, 2.24) is 15.1 Å². The van der Waals surface area contributed by atoms with E-state index in [4.69, 9.17) is 4.74 Å². The lowest BCUT2D eigenvalue weighted by Crippen LogP contribution is -2.56. The van der Waals surface area contributed by atoms with E-state index in [9.17, 15) is 14.0 Å². The molecule has 2 saturated heterocycles. The summed E-state index contributed by atoms with van der Waals surface area (Å²) in [5.41, 5.74) is -0.278. The molecule has 6 nitrogen and oxygen atoms in total. The number of amides is 2. The van der Waals surface area contributed by atoms with E-state index >= 15 is 0 Å². The fourth-order valence-electron chi connectivity index (χ4n) is 3.72. The molecule has 0 aliphatic carbocycles. The first-order valence-electron chi connectivity index (χ1n) is 9.16. The fraction of sp³-hybridized carbons (Fsp3) is 0.579. The Bertz CT molecular complexity index is 650. The van der Waals surface area contributed by atoms with Crippen LogP contribution >= 0.6 is 12.4 Å². The van der Waals surface area contributed by atoms with Gasteiger partial charge in [0.25, 0.3) is 11.8 Å². The number of carbonyl (C=O) groups excluding carboxylic acids is 2. The van der Waals surface area contributed by atoms with Gasteiger partial charge in [0.15, 0.2) is 0 Å². The summed E-state index contributed by atoms with van der Waals surface area (Å²) < 4.78 is 18.7. The number of halogens is 2. The Kier molecular flexibility index (Phi) is 7.59. The minimum absolute atomic E-state index is 0. The van der Waals surface area contributed by atoms with Crippen molar-refractivity contribution in [3.63, 3.8) is 0 Å². The highest BCUT2D eigenvalue weighted by Crippen LogP contribution is 2.26. The maximum absolute atomic E-state index is 13.1. The molecule has 1 aromatic rings. The predicted octanol–water partition coefficient (Wildman–Crippen LogP) is 1.69. The van der Waals surface area contributed by atoms with Gasteiger partial charge in [-0.3, -0.25) is 9.59 Å². The number of piperidine rings is 1. The molecule has 0 unspecified atom stereocenters. The van der Waals surface area contributed by atoms with E-state index in [2.05, 4.69) is 5.32 Å². The van der Waals surface area contributed by atoms with Crippen molar-refractivity contribution < 1.29 is 18.7 Å². The van der Waals surface area contributed by atoms with Crippen molar-refractivity contribution in [2.75, 3.05) is 46.4 Å². The quantitative estimate of drug-likeness (QED) is 0.840. The molecule has 2 amide bonds. The molecule has 1 N–H and O–H groups in total. The monoisotopic (exact) mass is 399 g/mol. The van der Waals surface area contributed by atoms with Gasteiger partial charge in [0.2, 0.25) is 0 Å². The molecule has 2 aliphatic heterocycles. The van der Waals surface area contributed by atoms with Gasteiger partial charge < -0.3 is 19.9 Å². The number of carbonyl (C=O) groups is 2. The van der Waals surface area contributed by atoms with Crippen molar-refractivity contribution in [2.24, 2.45) is 0 Å². The largest absolute Gasteiger partial charge is 0.368 e. The highest BCUT2D eigenvalue weighted by Gasteiger charge is 2.42. The van der Waals surface area contributed by atoms with Gasteiger partial charge in [-0.15, -0.1) is 12.4 Å². The van der Waals surface area contributed by atoms with Gasteiger partial charge in [0.05, 0.1) is 0 Å². The van der Waals surface area contributed by atoms with Crippen LogP contribution in [0.4, 0.5) is 4.39 Å². The van der Waals surface area contributed by atoms with Gasteiger partial charge in [0, 0.05) is 38.9 Å². The molecule has 150 valence electrons. The molecule has 2 heterocycles. The number of nitrogens with zero attached hydrogens (tertiary/aromatic N) is 2. The first-order valence-corrected chi connectivity index (χ1v) is 9.16. The number of hydrogen-bond acceptors (Lipinski definition) is 4. The standard InChI is InChI=1S/C19H26FN3O3.ClH/c1-26-19(7-9-21-10-8-19)18(25)23-12-2-11-22(13-14-23)17(24)15-3-5-16(20)6-4-15;/h3-6,21H,2,7-14H2,1H3;1H. The second-order valence-electron chi connectivity index (χ2n) is 6.89. The summed E-state index contributed by atoms with van der Waals surface area (Å²) >= 11 is 0. The SMILES string of the molecule is COC1(C(=O)N2CCCN(C(=O)c3ccc(F)cc3)CC2)CCNCC1.Cl. The number of nitrogens with one attached hydrogen (secondary N) is 1. The second-order valence-corrected chi connectivity index (χ2v) is 6.89. The van der Waals surface area contributed by atoms with Crippen LogP contribution in [0.25, 0.3) is 0 Å². The van der Waals surface area contributed by atoms with Crippen molar-refractivity contribution in [3.8, 4) is 0 Å². The van der Waals surface area contributed by atoms with E-state index in [0.29, 0.717) is 44.6 Å². The molecular weight excluding hydrogens is 373 g/mol. The van der Waals surface area contributed by atoms with E-state index < -0.39 is 5.60 Å². The molecule has 8 heteroatoms. The third-order valence-corrected chi connectivity index (χ3v) is 5.35. The first-order chi connectivity index (χ1) is 12.6. The van der Waals surface area contributed by atoms with Crippen LogP contribution in [0.2, 0.25) is 0 Å². The molecular formula is C19H27ClFN3O3. The van der Waals surface area contributed by atoms with Gasteiger partial charge in [-0.25, -0.2) is 4.39 Å². The molecule has 1 aromatic carbocycles. The number of benzene rings is 1. The average molecular weight is 400 g/mol. The third-order valence-electron chi connectivity index (χ3n) is 5.35. The van der Waals surface area contributed by atoms with E-state index in [-0.39, 0.29) is 30.0 Å². The van der Waals surface area contributed by atoms with Gasteiger partial charge in [-0.1, -0.05) is 0 Å². The lowest BCUT2D eigenvalue weighted by atomic mass is 9.90. The molecule has 3 rings (SSSR count). The van der Waals surface area contributed by atoms with Crippen molar-refractivity contribution in [3.05, 3.63) is 35.6 Å². The Morgan fingerprint density at radius 2 is 1.63 bits per heavy atom. The summed E-state index contributed by atoms with van der Waals surface area (Å²) in [5, 5.41) is 3.26. The summed E-state index contributed by atoms with van der Waals surface area (Å²) in [7, 11) is 1.60. The molecule has 27 heavy (non-hydrogen) atoms. The average Bonchev–Trinajstić information content (AvgIpc) is 2.94. The predicted molar refractivity (Wildman–Crippen MR) is 103 cm³/mol. The first kappa shape index (κ1) is 21.6. The Balaban J connectivity index is 0.00000261. The van der Waals surface area contributed by atoms with Gasteiger partial charge in [0.1, 0.15) is 11.4 Å². The number of ether oxygens (including phenoxy) is 1. The summed E-state index contributed by atoms with van der Waals surface area (Å²) in [5.74, 6) is -0.457. The smallest absolute Gasteiger partial charge is 0.254 e. The number of hydrogen-bond donors (Lipinski definition) is 1. The van der Waals surface area contributed by atoms with Crippen LogP contribution in [0.1, 0.15) is 29.6 Å². The minimum atomic E-state index is -0.749. The normalized spacial score (nSPS) is 19.8. The van der Waals surface area contributed by atoms with Crippen molar-refractivity contribution in [2.45, 2.75) is 24.9 Å². The molecule has 2 aliphatic rings. The van der Waals surface area contributed by atoms with Crippen LogP contribution in [-0.2, 0) is 9.53 Å². The Morgan fingerprint density at radius 1 is 1.04 bits per heavy atom. The molecule has 0 bridgehead atoms. The van der Waals surface area contributed by atoms with Crippen molar-refractivity contribution in [1.29, 1.82) is 0 Å². The maximum atomic E-state index is 13.1. The van der Waals surface area contributed by atoms with Crippen LogP contribution < -0.4 is 5.32 Å². The molecule has 0 saturated carbocycles. The van der Waals surface area contributed by atoms with Gasteiger partial charge >= 0.3 is 0 Å². The lowest BCUT2D eigenvalue weighted by molar-refractivity contribution is -0.158. The number of rotatable bonds is 3. The van der Waals surface area contributed by atoms with Crippen LogP contribution in [0.5, 0.6) is 0 Å². The zero-order valence-electron chi connectivity index (χ0n) is 15.6. The van der Waals surface area contributed by atoms with Crippen LogP contribution in [0.15, 0.2) is 24.3 Å². The van der Waals surface area contributed by atoms with E-state index in [1.54, 1.807) is 12.0 Å². The van der Waals surface area contributed by atoms with Crippen LogP contribution in [-0.4, -0.2) is 73.6 Å². The van der Waals surface area contributed by atoms with Crippen molar-refractivity contribution >= 4 is 24.2 Å². The molecule has 2 fully saturated rings. The summed E-state index contributed by atoms with van der Waals surface area (Å²) in [6.07, 6.45) is 2.05. The molecule has 0 spiro atoms. The van der Waals surface area contributed by atoms with Gasteiger partial charge in [-0.2, -0.15) is 0 Å². The van der Waals surface area contributed by atoms with Crippen LogP contribution in [0.3, 0.4) is 0 Å². The third kappa shape index (κ3) is 4.78. The second kappa shape index (κ2) is 9.48. The van der Waals surface area contributed by atoms with Crippen LogP contribution in [0, 0.1) is 5.82 Å². The Morgan fingerprint density at radius 3 is 2.26 bits per heavy atom. The molecule has 0 aromatic heterocycles. The summed E-state index contributed by atoms with van der Waals surface area (Å²) in [6, 6.07) is 5.58.